The number of nitrogens with zero attached hydrogens (tertiary/aromatic N) is 1. The molecule has 1 atom stereocenters. The van der Waals surface area contributed by atoms with Crippen LogP contribution in [-0.4, -0.2) is 24.3 Å². The van der Waals surface area contributed by atoms with Gasteiger partial charge in [0.05, 0.1) is 22.3 Å². The number of para-hydroxylation sites is 1. The third-order valence-corrected chi connectivity index (χ3v) is 7.28. The van der Waals surface area contributed by atoms with Gasteiger partial charge in [-0.1, -0.05) is 47.5 Å². The van der Waals surface area contributed by atoms with E-state index in [4.69, 9.17) is 33.7 Å². The highest BCUT2D eigenvalue weighted by Gasteiger charge is 2.62. The summed E-state index contributed by atoms with van der Waals surface area (Å²) in [6.07, 6.45) is 1.26. The quantitative estimate of drug-likeness (QED) is 0.607. The Morgan fingerprint density at radius 3 is 2.68 bits per heavy atom. The van der Waals surface area contributed by atoms with Crippen molar-refractivity contribution in [3.05, 3.63) is 80.7 Å². The number of amides is 1. The number of hydrogen-bond donors (Lipinski definition) is 2. The van der Waals surface area contributed by atoms with Gasteiger partial charge >= 0.3 is 5.97 Å². The zero-order chi connectivity index (χ0) is 24.2. The molecular formula is C25H21Cl2N3O4. The van der Waals surface area contributed by atoms with Crippen LogP contribution in [0.4, 0.5) is 11.4 Å². The van der Waals surface area contributed by atoms with Crippen molar-refractivity contribution in [1.29, 1.82) is 0 Å². The molecule has 0 radical (unpaired) electrons. The molecule has 9 heteroatoms. The highest BCUT2D eigenvalue weighted by molar-refractivity contribution is 6.43. The van der Waals surface area contributed by atoms with Gasteiger partial charge in [0, 0.05) is 28.9 Å². The summed E-state index contributed by atoms with van der Waals surface area (Å²) in [4.78, 5) is 42.4. The summed E-state index contributed by atoms with van der Waals surface area (Å²) in [5.74, 6) is -1.55. The van der Waals surface area contributed by atoms with Gasteiger partial charge in [0.2, 0.25) is 5.91 Å². The Morgan fingerprint density at radius 2 is 1.91 bits per heavy atom. The van der Waals surface area contributed by atoms with Crippen molar-refractivity contribution in [1.82, 2.24) is 0 Å². The van der Waals surface area contributed by atoms with Gasteiger partial charge in [-0.25, -0.2) is 4.79 Å². The monoisotopic (exact) mass is 497 g/mol. The Morgan fingerprint density at radius 1 is 1.15 bits per heavy atom. The van der Waals surface area contributed by atoms with Crippen molar-refractivity contribution >= 4 is 52.2 Å². The van der Waals surface area contributed by atoms with Gasteiger partial charge in [-0.05, 0) is 38.0 Å². The van der Waals surface area contributed by atoms with E-state index >= 15 is 0 Å². The van der Waals surface area contributed by atoms with Gasteiger partial charge < -0.3 is 15.8 Å². The number of carbonyl (C=O) groups is 3. The van der Waals surface area contributed by atoms with Gasteiger partial charge in [-0.3, -0.25) is 14.5 Å². The lowest BCUT2D eigenvalue weighted by molar-refractivity contribution is -0.140. The van der Waals surface area contributed by atoms with Crippen molar-refractivity contribution in [2.45, 2.75) is 31.6 Å². The first kappa shape index (κ1) is 22.5. The molecule has 0 aromatic heterocycles. The number of benzene rings is 2. The fraction of sp³-hybridized carbons (Fsp3) is 0.240. The number of fused-ring (bicyclic) bond motifs is 3. The van der Waals surface area contributed by atoms with Gasteiger partial charge in [-0.2, -0.15) is 0 Å². The molecule has 3 N–H and O–H groups in total. The molecule has 1 unspecified atom stereocenters. The lowest BCUT2D eigenvalue weighted by atomic mass is 9.63. The molecule has 0 bridgehead atoms. The lowest BCUT2D eigenvalue weighted by Gasteiger charge is -2.44. The third-order valence-electron chi connectivity index (χ3n) is 6.47. The molecule has 1 spiro atoms. The molecule has 0 saturated heterocycles. The Labute approximate surface area is 206 Å². The Kier molecular flexibility index (Phi) is 5.41. The minimum atomic E-state index is -1.72. The smallest absolute Gasteiger partial charge is 0.339 e. The number of hydrogen-bond acceptors (Lipinski definition) is 6. The molecule has 2 aliphatic heterocycles. The second-order valence-electron chi connectivity index (χ2n) is 8.24. The zero-order valence-corrected chi connectivity index (χ0v) is 19.8. The number of nitrogens with two attached hydrogens (primary N) is 1. The molecule has 2 aromatic carbocycles. The number of ether oxygens (including phenoxy) is 1. The predicted molar refractivity (Wildman–Crippen MR) is 129 cm³/mol. The minimum Gasteiger partial charge on any atom is -0.462 e. The van der Waals surface area contributed by atoms with Crippen molar-refractivity contribution in [3.8, 4) is 0 Å². The number of esters is 1. The van der Waals surface area contributed by atoms with Crippen molar-refractivity contribution in [2.75, 3.05) is 16.8 Å². The lowest BCUT2D eigenvalue weighted by Crippen LogP contribution is -2.53. The van der Waals surface area contributed by atoms with Crippen LogP contribution in [0.1, 0.15) is 31.7 Å². The van der Waals surface area contributed by atoms with E-state index in [1.54, 1.807) is 54.3 Å². The SMILES string of the molecule is CCOC(=O)C1=C(N)N(c2cccc(Cl)c2Cl)C2=C(C(=O)CCC2)C12C(=O)Nc1ccccc12. The van der Waals surface area contributed by atoms with Crippen LogP contribution in [0, 0.1) is 0 Å². The second kappa shape index (κ2) is 8.18. The molecule has 174 valence electrons. The Balaban J connectivity index is 1.92. The fourth-order valence-corrected chi connectivity index (χ4v) is 5.59. The van der Waals surface area contributed by atoms with E-state index in [0.717, 1.165) is 0 Å². The van der Waals surface area contributed by atoms with E-state index in [1.807, 2.05) is 0 Å². The van der Waals surface area contributed by atoms with E-state index < -0.39 is 17.3 Å². The number of allylic oxidation sites excluding steroid dienone is 1. The van der Waals surface area contributed by atoms with Crippen LogP contribution in [0.2, 0.25) is 10.0 Å². The topological polar surface area (TPSA) is 102 Å². The molecule has 34 heavy (non-hydrogen) atoms. The molecule has 2 heterocycles. The van der Waals surface area contributed by atoms with Crippen LogP contribution >= 0.6 is 23.2 Å². The van der Waals surface area contributed by atoms with Crippen LogP contribution in [0.25, 0.3) is 0 Å². The van der Waals surface area contributed by atoms with Crippen molar-refractivity contribution < 1.29 is 19.1 Å². The summed E-state index contributed by atoms with van der Waals surface area (Å²) in [7, 11) is 0. The van der Waals surface area contributed by atoms with E-state index in [0.29, 0.717) is 35.5 Å². The number of carbonyl (C=O) groups excluding carboxylic acids is 3. The van der Waals surface area contributed by atoms with Gasteiger partial charge in [0.15, 0.2) is 5.78 Å². The molecule has 1 aliphatic carbocycles. The predicted octanol–water partition coefficient (Wildman–Crippen LogP) is 4.44. The molecule has 7 nitrogen and oxygen atoms in total. The van der Waals surface area contributed by atoms with Crippen LogP contribution in [-0.2, 0) is 24.5 Å². The number of halogens is 2. The van der Waals surface area contributed by atoms with Crippen molar-refractivity contribution in [3.63, 3.8) is 0 Å². The van der Waals surface area contributed by atoms with E-state index in [1.165, 1.54) is 0 Å². The van der Waals surface area contributed by atoms with Gasteiger partial charge in [-0.15, -0.1) is 0 Å². The highest BCUT2D eigenvalue weighted by atomic mass is 35.5. The molecule has 2 aromatic rings. The first-order valence-electron chi connectivity index (χ1n) is 10.9. The van der Waals surface area contributed by atoms with E-state index in [9.17, 15) is 14.4 Å². The number of anilines is 2. The van der Waals surface area contributed by atoms with Crippen LogP contribution in [0.3, 0.4) is 0 Å². The average Bonchev–Trinajstić information content (AvgIpc) is 3.09. The Hall–Kier alpha value is -3.29. The summed E-state index contributed by atoms with van der Waals surface area (Å²) in [6.45, 7) is 1.72. The number of Topliss-reactive ketones (excluding diaryl/α,β-unsaturated/α-hetero) is 1. The molecule has 0 fully saturated rings. The molecular weight excluding hydrogens is 477 g/mol. The maximum absolute atomic E-state index is 13.8. The number of rotatable bonds is 3. The minimum absolute atomic E-state index is 0.0251. The normalized spacial score (nSPS) is 21.6. The fourth-order valence-electron chi connectivity index (χ4n) is 5.21. The van der Waals surface area contributed by atoms with E-state index in [2.05, 4.69) is 5.32 Å². The summed E-state index contributed by atoms with van der Waals surface area (Å²) in [6, 6.07) is 12.0. The summed E-state index contributed by atoms with van der Waals surface area (Å²) < 4.78 is 5.38. The summed E-state index contributed by atoms with van der Waals surface area (Å²) in [5.41, 5.74) is 7.04. The molecule has 5 rings (SSSR count). The number of ketones is 1. The first-order chi connectivity index (χ1) is 16.3. The molecule has 3 aliphatic rings. The third kappa shape index (κ3) is 2.93. The Bertz CT molecular complexity index is 1330. The standard InChI is InChI=1S/C25H21Cl2N3O4/c1-2-34-23(32)20-22(28)30(17-11-5-8-14(26)21(17)27)16-10-6-12-18(31)19(16)25(20)13-7-3-4-9-15(13)29-24(25)33/h3-5,7-9,11H,2,6,10,12,28H2,1H3,(H,29,33). The molecule has 0 saturated carbocycles. The molecule has 1 amide bonds. The van der Waals surface area contributed by atoms with Gasteiger partial charge in [0.1, 0.15) is 16.8 Å². The zero-order valence-electron chi connectivity index (χ0n) is 18.3. The first-order valence-corrected chi connectivity index (χ1v) is 11.7. The maximum Gasteiger partial charge on any atom is 0.339 e. The number of nitrogens with one attached hydrogen (secondary N) is 1. The second-order valence-corrected chi connectivity index (χ2v) is 9.02. The highest BCUT2D eigenvalue weighted by Crippen LogP contribution is 2.56. The summed E-state index contributed by atoms with van der Waals surface area (Å²) in [5, 5.41) is 3.35. The van der Waals surface area contributed by atoms with Gasteiger partial charge in [0.25, 0.3) is 0 Å². The summed E-state index contributed by atoms with van der Waals surface area (Å²) >= 11 is 12.8. The largest absolute Gasteiger partial charge is 0.462 e. The van der Waals surface area contributed by atoms with Crippen LogP contribution in [0.15, 0.2) is 65.1 Å². The van der Waals surface area contributed by atoms with Crippen LogP contribution in [0.5, 0.6) is 0 Å². The van der Waals surface area contributed by atoms with Crippen molar-refractivity contribution in [2.24, 2.45) is 5.73 Å². The average molecular weight is 498 g/mol. The van der Waals surface area contributed by atoms with E-state index in [-0.39, 0.29) is 45.8 Å². The maximum atomic E-state index is 13.8. The van der Waals surface area contributed by atoms with Crippen LogP contribution < -0.4 is 16.0 Å².